The van der Waals surface area contributed by atoms with Crippen LogP contribution in [0, 0.1) is 0 Å². The van der Waals surface area contributed by atoms with Gasteiger partial charge in [0.15, 0.2) is 0 Å². The van der Waals surface area contributed by atoms with Crippen LogP contribution in [0.5, 0.6) is 0 Å². The van der Waals surface area contributed by atoms with Gasteiger partial charge in [0.2, 0.25) is 0 Å². The van der Waals surface area contributed by atoms with Crippen LogP contribution in [0.2, 0.25) is 0 Å². The van der Waals surface area contributed by atoms with E-state index in [9.17, 15) is 0 Å². The highest BCUT2D eigenvalue weighted by Crippen LogP contribution is 2.51. The minimum absolute atomic E-state index is 0.0147. The Bertz CT molecular complexity index is 2470. The second kappa shape index (κ2) is 15.9. The Balaban J connectivity index is 1.56. The molecule has 0 radical (unpaired) electrons. The first-order valence-corrected chi connectivity index (χ1v) is 23.1. The van der Waals surface area contributed by atoms with E-state index in [2.05, 4.69) is 254 Å². The number of hydrogen-bond donors (Lipinski definition) is 0. The Morgan fingerprint density at radius 1 is 0.355 bits per heavy atom. The van der Waals surface area contributed by atoms with Crippen molar-refractivity contribution < 1.29 is 0 Å². The van der Waals surface area contributed by atoms with Crippen molar-refractivity contribution in [3.05, 3.63) is 167 Å². The van der Waals surface area contributed by atoms with Gasteiger partial charge in [0.25, 0.3) is 0 Å². The maximum absolute atomic E-state index is 2.56. The molecule has 0 bridgehead atoms. The summed E-state index contributed by atoms with van der Waals surface area (Å²) in [6, 6.07) is 51.3. The standard InChI is InChI=1S/C60H74N2/c1-55(2,3)42-22-27-46(28-23-42)61(47-29-24-43(25-30-47)56(4,5)6)49-36-45(58(10,11)12)37-50(39-49)62(48-31-32-52-53(40-48)60(15,16)35-34-59(52,13)14)54-33-26-44(57(7,8)9)38-51(54)41-20-18-17-19-21-41/h17-33,36-40H,34-35H2,1-16H3. The van der Waals surface area contributed by atoms with E-state index in [1.807, 2.05) is 0 Å². The Kier molecular flexibility index (Phi) is 11.5. The van der Waals surface area contributed by atoms with Crippen LogP contribution in [0.15, 0.2) is 133 Å². The first kappa shape index (κ1) is 45.0. The lowest BCUT2D eigenvalue weighted by molar-refractivity contribution is 0.332. The summed E-state index contributed by atoms with van der Waals surface area (Å²) in [5, 5.41) is 0. The van der Waals surface area contributed by atoms with Crippen LogP contribution in [0.25, 0.3) is 11.1 Å². The van der Waals surface area contributed by atoms with Crippen LogP contribution < -0.4 is 9.80 Å². The van der Waals surface area contributed by atoms with Crippen molar-refractivity contribution in [3.63, 3.8) is 0 Å². The third-order valence-electron chi connectivity index (χ3n) is 13.6. The van der Waals surface area contributed by atoms with Crippen LogP contribution in [-0.2, 0) is 32.5 Å². The van der Waals surface area contributed by atoms with Crippen molar-refractivity contribution in [1.82, 2.24) is 0 Å². The minimum atomic E-state index is -0.130. The van der Waals surface area contributed by atoms with Gasteiger partial charge in [-0.05, 0) is 151 Å². The molecule has 1 aliphatic rings. The van der Waals surface area contributed by atoms with Crippen molar-refractivity contribution in [2.75, 3.05) is 9.80 Å². The van der Waals surface area contributed by atoms with E-state index >= 15 is 0 Å². The molecule has 6 aromatic rings. The van der Waals surface area contributed by atoms with Crippen LogP contribution in [0.3, 0.4) is 0 Å². The molecule has 62 heavy (non-hydrogen) atoms. The Hall–Kier alpha value is -5.08. The zero-order chi connectivity index (χ0) is 45.2. The monoisotopic (exact) mass is 823 g/mol. The zero-order valence-electron chi connectivity index (χ0n) is 41.0. The van der Waals surface area contributed by atoms with Crippen molar-refractivity contribution >= 4 is 34.1 Å². The van der Waals surface area contributed by atoms with Crippen LogP contribution >= 0.6 is 0 Å². The molecule has 2 nitrogen and oxygen atoms in total. The molecule has 0 saturated heterocycles. The van der Waals surface area contributed by atoms with Gasteiger partial charge >= 0.3 is 0 Å². The summed E-state index contributed by atoms with van der Waals surface area (Å²) in [7, 11) is 0. The van der Waals surface area contributed by atoms with E-state index in [0.29, 0.717) is 0 Å². The smallest absolute Gasteiger partial charge is 0.0540 e. The van der Waals surface area contributed by atoms with E-state index in [1.165, 1.54) is 62.3 Å². The predicted octanol–water partition coefficient (Wildman–Crippen LogP) is 17.8. The molecule has 0 saturated carbocycles. The number of rotatable bonds is 7. The zero-order valence-corrected chi connectivity index (χ0v) is 41.0. The first-order valence-electron chi connectivity index (χ1n) is 23.1. The molecule has 0 heterocycles. The Labute approximate surface area is 376 Å². The lowest BCUT2D eigenvalue weighted by Crippen LogP contribution is -2.34. The highest BCUT2D eigenvalue weighted by molar-refractivity contribution is 5.91. The number of benzene rings is 6. The average Bonchev–Trinajstić information content (AvgIpc) is 3.19. The van der Waals surface area contributed by atoms with Crippen molar-refractivity contribution in [2.45, 2.75) is 156 Å². The van der Waals surface area contributed by atoms with Gasteiger partial charge in [-0.1, -0.05) is 178 Å². The molecule has 324 valence electrons. The summed E-state index contributed by atoms with van der Waals surface area (Å²) in [4.78, 5) is 5.03. The normalized spacial score (nSPS) is 15.2. The van der Waals surface area contributed by atoms with E-state index < -0.39 is 0 Å². The van der Waals surface area contributed by atoms with Gasteiger partial charge in [-0.25, -0.2) is 0 Å². The molecule has 0 N–H and O–H groups in total. The fraction of sp³-hybridized carbons (Fsp3) is 0.400. The van der Waals surface area contributed by atoms with Gasteiger partial charge < -0.3 is 9.80 Å². The SMILES string of the molecule is CC(C)(C)c1ccc(N(c2ccc(C(C)(C)C)cc2)c2cc(N(c3ccc4c(c3)C(C)(C)CCC4(C)C)c3ccc(C(C)(C)C)cc3-c3ccccc3)cc(C(C)(C)C)c2)cc1. The number of fused-ring (bicyclic) bond motifs is 1. The number of hydrogen-bond acceptors (Lipinski definition) is 2. The van der Waals surface area contributed by atoms with Gasteiger partial charge in [0.1, 0.15) is 0 Å². The summed E-state index contributed by atoms with van der Waals surface area (Å²) in [6.45, 7) is 37.5. The highest BCUT2D eigenvalue weighted by atomic mass is 15.2. The summed E-state index contributed by atoms with van der Waals surface area (Å²) in [5.74, 6) is 0. The van der Waals surface area contributed by atoms with Crippen LogP contribution in [0.4, 0.5) is 34.1 Å². The third-order valence-corrected chi connectivity index (χ3v) is 13.6. The Morgan fingerprint density at radius 3 is 1.27 bits per heavy atom. The minimum Gasteiger partial charge on any atom is -0.310 e. The van der Waals surface area contributed by atoms with Crippen molar-refractivity contribution in [2.24, 2.45) is 0 Å². The highest BCUT2D eigenvalue weighted by Gasteiger charge is 2.38. The molecule has 2 heteroatoms. The molecule has 0 fully saturated rings. The van der Waals surface area contributed by atoms with Crippen molar-refractivity contribution in [3.8, 4) is 11.1 Å². The van der Waals surface area contributed by atoms with E-state index in [1.54, 1.807) is 0 Å². The maximum Gasteiger partial charge on any atom is 0.0540 e. The molecule has 0 aliphatic heterocycles. The van der Waals surface area contributed by atoms with E-state index in [0.717, 1.165) is 29.2 Å². The van der Waals surface area contributed by atoms with Gasteiger partial charge in [-0.3, -0.25) is 0 Å². The Morgan fingerprint density at radius 2 is 0.790 bits per heavy atom. The quantitative estimate of drug-likeness (QED) is 0.158. The molecular weight excluding hydrogens is 749 g/mol. The molecule has 7 rings (SSSR count). The average molecular weight is 823 g/mol. The fourth-order valence-corrected chi connectivity index (χ4v) is 9.14. The van der Waals surface area contributed by atoms with Gasteiger partial charge in [0, 0.05) is 34.0 Å². The number of nitrogens with zero attached hydrogens (tertiary/aromatic N) is 2. The molecular formula is C60H74N2. The molecule has 0 atom stereocenters. The van der Waals surface area contributed by atoms with Crippen LogP contribution in [-0.4, -0.2) is 0 Å². The first-order chi connectivity index (χ1) is 28.7. The van der Waals surface area contributed by atoms with E-state index in [4.69, 9.17) is 0 Å². The van der Waals surface area contributed by atoms with Gasteiger partial charge in [-0.2, -0.15) is 0 Å². The second-order valence-corrected chi connectivity index (χ2v) is 23.6. The fourth-order valence-electron chi connectivity index (χ4n) is 9.14. The molecule has 0 unspecified atom stereocenters. The number of anilines is 6. The lowest BCUT2D eigenvalue weighted by atomic mass is 9.63. The largest absolute Gasteiger partial charge is 0.310 e. The molecule has 1 aliphatic carbocycles. The van der Waals surface area contributed by atoms with Gasteiger partial charge in [0.05, 0.1) is 5.69 Å². The molecule has 0 amide bonds. The van der Waals surface area contributed by atoms with Crippen LogP contribution in [0.1, 0.15) is 157 Å². The second-order valence-electron chi connectivity index (χ2n) is 23.6. The van der Waals surface area contributed by atoms with Gasteiger partial charge in [-0.15, -0.1) is 0 Å². The summed E-state index contributed by atoms with van der Waals surface area (Å²) in [6.07, 6.45) is 2.34. The molecule has 0 aromatic heterocycles. The molecule has 6 aromatic carbocycles. The predicted molar refractivity (Wildman–Crippen MR) is 271 cm³/mol. The molecule has 0 spiro atoms. The topological polar surface area (TPSA) is 6.48 Å². The lowest BCUT2D eigenvalue weighted by Gasteiger charge is -2.42. The maximum atomic E-state index is 2.56. The van der Waals surface area contributed by atoms with Crippen molar-refractivity contribution in [1.29, 1.82) is 0 Å². The summed E-state index contributed by atoms with van der Waals surface area (Å²) >= 11 is 0. The van der Waals surface area contributed by atoms with E-state index in [-0.39, 0.29) is 32.5 Å². The third kappa shape index (κ3) is 9.18. The summed E-state index contributed by atoms with van der Waals surface area (Å²) in [5.41, 5.74) is 17.7. The summed E-state index contributed by atoms with van der Waals surface area (Å²) < 4.78 is 0.